The summed E-state index contributed by atoms with van der Waals surface area (Å²) in [4.78, 5) is 33.6. The monoisotopic (exact) mass is 367 g/mol. The number of pyridine rings is 1. The zero-order valence-electron chi connectivity index (χ0n) is 14.0. The second kappa shape index (κ2) is 7.09. The Balaban J connectivity index is 1.39. The van der Waals surface area contributed by atoms with Crippen molar-refractivity contribution < 1.29 is 9.59 Å². The number of amides is 2. The van der Waals surface area contributed by atoms with E-state index in [1.54, 1.807) is 51.7 Å². The third kappa shape index (κ3) is 3.23. The van der Waals surface area contributed by atoms with Crippen molar-refractivity contribution >= 4 is 23.2 Å². The summed E-state index contributed by atoms with van der Waals surface area (Å²) >= 11 is 1.59. The van der Waals surface area contributed by atoms with Crippen molar-refractivity contribution in [1.82, 2.24) is 25.0 Å². The molecule has 1 N–H and O–H groups in total. The molecule has 4 rings (SSSR count). The summed E-state index contributed by atoms with van der Waals surface area (Å²) in [6, 6.07) is 9.22. The van der Waals surface area contributed by atoms with Gasteiger partial charge < -0.3 is 9.80 Å². The average Bonchev–Trinajstić information content (AvgIpc) is 3.39. The quantitative estimate of drug-likeness (QED) is 0.769. The third-order valence-corrected chi connectivity index (χ3v) is 5.25. The number of hydrogen-bond acceptors (Lipinski definition) is 5. The minimum atomic E-state index is -0.113. The number of rotatable bonds is 3. The van der Waals surface area contributed by atoms with Gasteiger partial charge in [0.25, 0.3) is 11.8 Å². The van der Waals surface area contributed by atoms with Gasteiger partial charge in [-0.25, -0.2) is 0 Å². The number of nitrogens with zero attached hydrogens (tertiary/aromatic N) is 4. The van der Waals surface area contributed by atoms with Crippen molar-refractivity contribution in [3.05, 3.63) is 59.4 Å². The molecular weight excluding hydrogens is 350 g/mol. The van der Waals surface area contributed by atoms with Crippen molar-refractivity contribution in [2.75, 3.05) is 26.2 Å². The van der Waals surface area contributed by atoms with Crippen LogP contribution in [-0.2, 0) is 0 Å². The Morgan fingerprint density at radius 1 is 1.04 bits per heavy atom. The molecule has 0 aromatic carbocycles. The lowest BCUT2D eigenvalue weighted by atomic mass is 10.2. The number of thiophene rings is 1. The molecule has 2 amide bonds. The number of piperazine rings is 1. The highest BCUT2D eigenvalue weighted by Crippen LogP contribution is 2.23. The summed E-state index contributed by atoms with van der Waals surface area (Å²) in [5.41, 5.74) is 1.81. The lowest BCUT2D eigenvalue weighted by Crippen LogP contribution is -2.50. The van der Waals surface area contributed by atoms with E-state index in [9.17, 15) is 9.59 Å². The number of H-pyrrole nitrogens is 1. The molecule has 0 aliphatic carbocycles. The Kier molecular flexibility index (Phi) is 4.49. The molecule has 132 valence electrons. The van der Waals surface area contributed by atoms with Crippen molar-refractivity contribution in [3.63, 3.8) is 0 Å². The summed E-state index contributed by atoms with van der Waals surface area (Å²) < 4.78 is 0. The molecule has 0 unspecified atom stereocenters. The van der Waals surface area contributed by atoms with Crippen LogP contribution >= 0.6 is 11.3 Å². The van der Waals surface area contributed by atoms with Crippen LogP contribution in [0.2, 0.25) is 0 Å². The summed E-state index contributed by atoms with van der Waals surface area (Å²) in [6.45, 7) is 1.99. The fraction of sp³-hybridized carbons (Fsp3) is 0.222. The van der Waals surface area contributed by atoms with Gasteiger partial charge in [-0.3, -0.25) is 19.7 Å². The van der Waals surface area contributed by atoms with Gasteiger partial charge in [0.05, 0.1) is 16.1 Å². The highest BCUT2D eigenvalue weighted by Gasteiger charge is 2.26. The van der Waals surface area contributed by atoms with Crippen LogP contribution in [0.4, 0.5) is 0 Å². The van der Waals surface area contributed by atoms with Crippen LogP contribution in [0.25, 0.3) is 10.6 Å². The first kappa shape index (κ1) is 16.5. The van der Waals surface area contributed by atoms with Crippen LogP contribution in [0.3, 0.4) is 0 Å². The summed E-state index contributed by atoms with van der Waals surface area (Å²) in [5.74, 6) is -0.164. The molecule has 7 nitrogen and oxygen atoms in total. The Hall–Kier alpha value is -3.00. The number of nitrogens with one attached hydrogen (secondary N) is 1. The molecule has 1 fully saturated rings. The molecule has 1 saturated heterocycles. The largest absolute Gasteiger partial charge is 0.335 e. The first-order chi connectivity index (χ1) is 12.7. The summed E-state index contributed by atoms with van der Waals surface area (Å²) in [7, 11) is 0. The Morgan fingerprint density at radius 2 is 1.81 bits per heavy atom. The summed E-state index contributed by atoms with van der Waals surface area (Å²) in [5, 5.41) is 9.05. The maximum Gasteiger partial charge on any atom is 0.274 e. The van der Waals surface area contributed by atoms with Gasteiger partial charge in [0.15, 0.2) is 5.69 Å². The zero-order valence-corrected chi connectivity index (χ0v) is 14.8. The van der Waals surface area contributed by atoms with Gasteiger partial charge in [-0.05, 0) is 29.6 Å². The van der Waals surface area contributed by atoms with Crippen molar-refractivity contribution in [2.45, 2.75) is 0 Å². The van der Waals surface area contributed by atoms with E-state index in [1.165, 1.54) is 0 Å². The Morgan fingerprint density at radius 3 is 2.46 bits per heavy atom. The van der Waals surface area contributed by atoms with Gasteiger partial charge in [0, 0.05) is 38.6 Å². The van der Waals surface area contributed by atoms with E-state index >= 15 is 0 Å². The first-order valence-electron chi connectivity index (χ1n) is 8.30. The standard InChI is InChI=1S/C18H17N5O2S/c24-17(13-3-1-5-19-12-13)22-6-8-23(9-7-22)18(25)15-11-14(20-21-15)16-4-2-10-26-16/h1-5,10-12H,6-9H2,(H,20,21). The molecule has 26 heavy (non-hydrogen) atoms. The van der Waals surface area contributed by atoms with E-state index < -0.39 is 0 Å². The predicted octanol–water partition coefficient (Wildman–Crippen LogP) is 2.13. The molecule has 0 bridgehead atoms. The van der Waals surface area contributed by atoms with Crippen LogP contribution in [0, 0.1) is 0 Å². The molecule has 0 radical (unpaired) electrons. The Labute approximate surface area is 154 Å². The van der Waals surface area contributed by atoms with Gasteiger partial charge >= 0.3 is 0 Å². The van der Waals surface area contributed by atoms with E-state index in [-0.39, 0.29) is 11.8 Å². The second-order valence-electron chi connectivity index (χ2n) is 5.97. The van der Waals surface area contributed by atoms with Gasteiger partial charge in [-0.1, -0.05) is 6.07 Å². The first-order valence-corrected chi connectivity index (χ1v) is 9.18. The van der Waals surface area contributed by atoms with Crippen molar-refractivity contribution in [2.24, 2.45) is 0 Å². The summed E-state index contributed by atoms with van der Waals surface area (Å²) in [6.07, 6.45) is 3.21. The minimum absolute atomic E-state index is 0.0510. The fourth-order valence-corrected chi connectivity index (χ4v) is 3.63. The zero-order chi connectivity index (χ0) is 17.9. The van der Waals surface area contributed by atoms with E-state index in [0.717, 1.165) is 10.6 Å². The SMILES string of the molecule is O=C(c1cccnc1)N1CCN(C(=O)c2cc(-c3cccs3)[nH]n2)CC1. The second-order valence-corrected chi connectivity index (χ2v) is 6.92. The molecule has 1 aliphatic rings. The number of hydrogen-bond donors (Lipinski definition) is 1. The molecule has 3 aromatic rings. The molecular formula is C18H17N5O2S. The lowest BCUT2D eigenvalue weighted by molar-refractivity contribution is 0.0532. The molecule has 0 atom stereocenters. The average molecular weight is 367 g/mol. The van der Waals surface area contributed by atoms with Gasteiger partial charge in [0.2, 0.25) is 0 Å². The molecule has 3 aromatic heterocycles. The number of aromatic nitrogens is 3. The third-order valence-electron chi connectivity index (χ3n) is 4.35. The molecule has 8 heteroatoms. The number of carbonyl (C=O) groups is 2. The normalized spacial score (nSPS) is 14.5. The van der Waals surface area contributed by atoms with Crippen LogP contribution < -0.4 is 0 Å². The predicted molar refractivity (Wildman–Crippen MR) is 97.9 cm³/mol. The van der Waals surface area contributed by atoms with E-state index in [2.05, 4.69) is 15.2 Å². The van der Waals surface area contributed by atoms with Crippen LogP contribution in [0.15, 0.2) is 48.1 Å². The van der Waals surface area contributed by atoms with Gasteiger partial charge in [-0.2, -0.15) is 5.10 Å². The maximum atomic E-state index is 12.7. The molecule has 1 aliphatic heterocycles. The van der Waals surface area contributed by atoms with Gasteiger partial charge in [0.1, 0.15) is 0 Å². The number of aromatic amines is 1. The maximum absolute atomic E-state index is 12.7. The number of carbonyl (C=O) groups excluding carboxylic acids is 2. The van der Waals surface area contributed by atoms with E-state index in [0.29, 0.717) is 37.4 Å². The fourth-order valence-electron chi connectivity index (χ4n) is 2.94. The van der Waals surface area contributed by atoms with Gasteiger partial charge in [-0.15, -0.1) is 11.3 Å². The molecule has 4 heterocycles. The minimum Gasteiger partial charge on any atom is -0.335 e. The van der Waals surface area contributed by atoms with E-state index in [4.69, 9.17) is 0 Å². The Bertz CT molecular complexity index is 899. The highest BCUT2D eigenvalue weighted by atomic mass is 32.1. The molecule has 0 saturated carbocycles. The van der Waals surface area contributed by atoms with Crippen molar-refractivity contribution in [1.29, 1.82) is 0 Å². The smallest absolute Gasteiger partial charge is 0.274 e. The van der Waals surface area contributed by atoms with E-state index in [1.807, 2.05) is 17.5 Å². The van der Waals surface area contributed by atoms with Crippen LogP contribution in [0.5, 0.6) is 0 Å². The van der Waals surface area contributed by atoms with Crippen LogP contribution in [-0.4, -0.2) is 63.0 Å². The lowest BCUT2D eigenvalue weighted by Gasteiger charge is -2.34. The highest BCUT2D eigenvalue weighted by molar-refractivity contribution is 7.13. The molecule has 0 spiro atoms. The van der Waals surface area contributed by atoms with Crippen molar-refractivity contribution in [3.8, 4) is 10.6 Å². The van der Waals surface area contributed by atoms with Crippen LogP contribution in [0.1, 0.15) is 20.8 Å². The topological polar surface area (TPSA) is 82.2 Å².